The molecule has 2 N–H and O–H groups in total. The third-order valence-corrected chi connectivity index (χ3v) is 5.55. The van der Waals surface area contributed by atoms with Crippen LogP contribution >= 0.6 is 22.9 Å². The summed E-state index contributed by atoms with van der Waals surface area (Å²) in [5.74, 6) is 0. The van der Waals surface area contributed by atoms with Crippen molar-refractivity contribution in [2.75, 3.05) is 6.54 Å². The molecule has 6 nitrogen and oxygen atoms in total. The van der Waals surface area contributed by atoms with Gasteiger partial charge in [0, 0.05) is 24.9 Å². The predicted octanol–water partition coefficient (Wildman–Crippen LogP) is 1.35. The molecule has 18 heavy (non-hydrogen) atoms. The molecule has 0 aromatic carbocycles. The smallest absolute Gasteiger partial charge is 0.251 e. The van der Waals surface area contributed by atoms with Gasteiger partial charge in [-0.1, -0.05) is 22.9 Å². The largest absolute Gasteiger partial charge is 0.348 e. The first-order chi connectivity index (χ1) is 8.49. The van der Waals surface area contributed by atoms with E-state index in [1.54, 1.807) is 19.4 Å². The first kappa shape index (κ1) is 13.5. The fourth-order valence-corrected chi connectivity index (χ4v) is 4.22. The number of halogens is 1. The molecule has 98 valence electrons. The fourth-order valence-electron chi connectivity index (χ4n) is 1.41. The Morgan fingerprint density at radius 1 is 1.56 bits per heavy atom. The predicted molar refractivity (Wildman–Crippen MR) is 69.3 cm³/mol. The van der Waals surface area contributed by atoms with Crippen molar-refractivity contribution >= 4 is 33.0 Å². The van der Waals surface area contributed by atoms with Crippen LogP contribution in [0.1, 0.15) is 11.4 Å². The minimum Gasteiger partial charge on any atom is -0.348 e. The molecule has 0 aliphatic rings. The summed E-state index contributed by atoms with van der Waals surface area (Å²) in [6.07, 6.45) is 3.75. The standard InChI is InChI=1S/C9H11ClN4O2S2/c1-6-8(17-9(10)14-6)18(15,16)13-3-2-7-4-11-5-12-7/h4-5,13H,2-3H2,1H3,(H,11,12). The SMILES string of the molecule is Cc1nc(Cl)sc1S(=O)(=O)NCCc1cnc[nH]1. The van der Waals surface area contributed by atoms with Crippen molar-refractivity contribution in [3.05, 3.63) is 28.4 Å². The normalized spacial score (nSPS) is 11.9. The molecule has 0 saturated heterocycles. The highest BCUT2D eigenvalue weighted by Gasteiger charge is 2.20. The van der Waals surface area contributed by atoms with Gasteiger partial charge < -0.3 is 4.98 Å². The lowest BCUT2D eigenvalue weighted by Crippen LogP contribution is -2.25. The maximum absolute atomic E-state index is 12.0. The topological polar surface area (TPSA) is 87.7 Å². The third kappa shape index (κ3) is 3.08. The van der Waals surface area contributed by atoms with Crippen LogP contribution in [0.25, 0.3) is 0 Å². The van der Waals surface area contributed by atoms with Crippen molar-refractivity contribution in [2.24, 2.45) is 0 Å². The van der Waals surface area contributed by atoms with E-state index < -0.39 is 10.0 Å². The Bertz CT molecular complexity index is 621. The van der Waals surface area contributed by atoms with Gasteiger partial charge in [-0.25, -0.2) is 23.1 Å². The van der Waals surface area contributed by atoms with Gasteiger partial charge in [0.15, 0.2) is 8.68 Å². The van der Waals surface area contributed by atoms with E-state index in [1.807, 2.05) is 0 Å². The van der Waals surface area contributed by atoms with Gasteiger partial charge in [0.05, 0.1) is 12.0 Å². The van der Waals surface area contributed by atoms with Crippen LogP contribution in [0.5, 0.6) is 0 Å². The van der Waals surface area contributed by atoms with E-state index in [-0.39, 0.29) is 8.68 Å². The lowest BCUT2D eigenvalue weighted by Gasteiger charge is -2.04. The Morgan fingerprint density at radius 2 is 2.33 bits per heavy atom. The molecule has 0 aliphatic carbocycles. The minimum atomic E-state index is -3.54. The third-order valence-electron chi connectivity index (χ3n) is 2.21. The average Bonchev–Trinajstić information content (AvgIpc) is 2.88. The van der Waals surface area contributed by atoms with Crippen molar-refractivity contribution in [3.8, 4) is 0 Å². The second kappa shape index (κ2) is 5.35. The zero-order chi connectivity index (χ0) is 13.2. The van der Waals surface area contributed by atoms with Crippen LogP contribution in [0.4, 0.5) is 0 Å². The number of aromatic nitrogens is 3. The Hall–Kier alpha value is -0.960. The van der Waals surface area contributed by atoms with E-state index in [0.29, 0.717) is 18.7 Å². The Kier molecular flexibility index (Phi) is 4.00. The minimum absolute atomic E-state index is 0.164. The second-order valence-corrected chi connectivity index (χ2v) is 7.11. The second-order valence-electron chi connectivity index (χ2n) is 3.56. The van der Waals surface area contributed by atoms with Crippen molar-refractivity contribution < 1.29 is 8.42 Å². The molecule has 0 bridgehead atoms. The number of hydrogen-bond acceptors (Lipinski definition) is 5. The van der Waals surface area contributed by atoms with Crippen LogP contribution in [0.3, 0.4) is 0 Å². The molecule has 0 saturated carbocycles. The molecule has 9 heteroatoms. The molecular formula is C9H11ClN4O2S2. The van der Waals surface area contributed by atoms with Gasteiger partial charge in [0.25, 0.3) is 10.0 Å². The fraction of sp³-hybridized carbons (Fsp3) is 0.333. The highest BCUT2D eigenvalue weighted by molar-refractivity contribution is 7.91. The zero-order valence-corrected chi connectivity index (χ0v) is 11.9. The summed E-state index contributed by atoms with van der Waals surface area (Å²) >= 11 is 6.64. The molecule has 2 aromatic rings. The molecule has 0 aliphatic heterocycles. The monoisotopic (exact) mass is 306 g/mol. The van der Waals surface area contributed by atoms with Gasteiger partial charge in [-0.2, -0.15) is 0 Å². The van der Waals surface area contributed by atoms with Crippen LogP contribution in [0, 0.1) is 6.92 Å². The maximum Gasteiger partial charge on any atom is 0.251 e. The average molecular weight is 307 g/mol. The summed E-state index contributed by atoms with van der Waals surface area (Å²) in [5, 5.41) is 0. The van der Waals surface area contributed by atoms with Gasteiger partial charge in [0.1, 0.15) is 0 Å². The molecule has 2 heterocycles. The van der Waals surface area contributed by atoms with Gasteiger partial charge in [0.2, 0.25) is 0 Å². The number of nitrogens with zero attached hydrogens (tertiary/aromatic N) is 2. The van der Waals surface area contributed by atoms with Crippen molar-refractivity contribution in [1.29, 1.82) is 0 Å². The van der Waals surface area contributed by atoms with Gasteiger partial charge in [-0.15, -0.1) is 0 Å². The lowest BCUT2D eigenvalue weighted by atomic mass is 10.3. The molecule has 0 atom stereocenters. The molecule has 2 aromatic heterocycles. The first-order valence-corrected chi connectivity index (χ1v) is 7.76. The molecular weight excluding hydrogens is 296 g/mol. The number of aromatic amines is 1. The maximum atomic E-state index is 12.0. The molecule has 0 unspecified atom stereocenters. The zero-order valence-electron chi connectivity index (χ0n) is 9.47. The number of H-pyrrole nitrogens is 1. The molecule has 2 rings (SSSR count). The van der Waals surface area contributed by atoms with E-state index >= 15 is 0 Å². The summed E-state index contributed by atoms with van der Waals surface area (Å²) in [5.41, 5.74) is 1.29. The number of rotatable bonds is 5. The van der Waals surface area contributed by atoms with Gasteiger partial charge in [-0.3, -0.25) is 0 Å². The van der Waals surface area contributed by atoms with Crippen molar-refractivity contribution in [1.82, 2.24) is 19.7 Å². The summed E-state index contributed by atoms with van der Waals surface area (Å²) in [6, 6.07) is 0. The van der Waals surface area contributed by atoms with Gasteiger partial charge >= 0.3 is 0 Å². The Labute approximate surface area is 113 Å². The Morgan fingerprint density at radius 3 is 2.89 bits per heavy atom. The van der Waals surface area contributed by atoms with Crippen molar-refractivity contribution in [3.63, 3.8) is 0 Å². The molecule has 0 amide bonds. The highest BCUT2D eigenvalue weighted by atomic mass is 35.5. The number of sulfonamides is 1. The first-order valence-electron chi connectivity index (χ1n) is 5.09. The molecule has 0 fully saturated rings. The number of thiazole rings is 1. The van der Waals surface area contributed by atoms with E-state index in [1.165, 1.54) is 0 Å². The van der Waals surface area contributed by atoms with Crippen LogP contribution in [0.2, 0.25) is 4.47 Å². The van der Waals surface area contributed by atoms with E-state index in [9.17, 15) is 8.42 Å². The number of aryl methyl sites for hydroxylation is 1. The highest BCUT2D eigenvalue weighted by Crippen LogP contribution is 2.26. The van der Waals surface area contributed by atoms with E-state index in [2.05, 4.69) is 19.7 Å². The summed E-state index contributed by atoms with van der Waals surface area (Å²) < 4.78 is 26.8. The number of nitrogens with one attached hydrogen (secondary N) is 2. The Balaban J connectivity index is 2.02. The van der Waals surface area contributed by atoms with E-state index in [4.69, 9.17) is 11.6 Å². The van der Waals surface area contributed by atoms with Crippen LogP contribution in [0.15, 0.2) is 16.7 Å². The number of imidazole rings is 1. The van der Waals surface area contributed by atoms with Crippen molar-refractivity contribution in [2.45, 2.75) is 17.6 Å². The quantitative estimate of drug-likeness (QED) is 0.873. The van der Waals surface area contributed by atoms with Crippen LogP contribution in [-0.2, 0) is 16.4 Å². The van der Waals surface area contributed by atoms with Crippen LogP contribution in [-0.4, -0.2) is 29.9 Å². The summed E-state index contributed by atoms with van der Waals surface area (Å²) in [6.45, 7) is 1.91. The lowest BCUT2D eigenvalue weighted by molar-refractivity contribution is 0.582. The number of hydrogen-bond donors (Lipinski definition) is 2. The van der Waals surface area contributed by atoms with Gasteiger partial charge in [-0.05, 0) is 6.92 Å². The summed E-state index contributed by atoms with van der Waals surface area (Å²) in [4.78, 5) is 10.6. The van der Waals surface area contributed by atoms with Crippen LogP contribution < -0.4 is 4.72 Å². The molecule has 0 spiro atoms. The molecule has 0 radical (unpaired) electrons. The summed E-state index contributed by atoms with van der Waals surface area (Å²) in [7, 11) is -3.54. The van der Waals surface area contributed by atoms with E-state index in [0.717, 1.165) is 17.0 Å².